The van der Waals surface area contributed by atoms with Gasteiger partial charge in [-0.15, -0.1) is 0 Å². The van der Waals surface area contributed by atoms with Gasteiger partial charge in [0, 0.05) is 20.6 Å². The van der Waals surface area contributed by atoms with Crippen LogP contribution in [0.1, 0.15) is 33.6 Å². The molecule has 0 aliphatic rings. The van der Waals surface area contributed by atoms with Gasteiger partial charge in [-0.25, -0.2) is 0 Å². The SMILES string of the molecule is COC(CCC=CC(C)(C)C)OC. The molecule has 0 heterocycles. The van der Waals surface area contributed by atoms with Gasteiger partial charge in [-0.1, -0.05) is 32.9 Å². The highest BCUT2D eigenvalue weighted by atomic mass is 16.7. The van der Waals surface area contributed by atoms with E-state index in [2.05, 4.69) is 32.9 Å². The van der Waals surface area contributed by atoms with Crippen molar-refractivity contribution in [1.82, 2.24) is 0 Å². The van der Waals surface area contributed by atoms with Gasteiger partial charge < -0.3 is 9.47 Å². The second-order valence-corrected chi connectivity index (χ2v) is 4.25. The summed E-state index contributed by atoms with van der Waals surface area (Å²) in [7, 11) is 3.34. The van der Waals surface area contributed by atoms with Crippen LogP contribution in [0.15, 0.2) is 12.2 Å². The summed E-state index contributed by atoms with van der Waals surface area (Å²) in [5, 5.41) is 0. The van der Waals surface area contributed by atoms with E-state index in [4.69, 9.17) is 9.47 Å². The van der Waals surface area contributed by atoms with Crippen LogP contribution < -0.4 is 0 Å². The van der Waals surface area contributed by atoms with Crippen LogP contribution in [0.2, 0.25) is 0 Å². The highest BCUT2D eigenvalue weighted by Crippen LogP contribution is 2.15. The lowest BCUT2D eigenvalue weighted by molar-refractivity contribution is -0.105. The summed E-state index contributed by atoms with van der Waals surface area (Å²) in [4.78, 5) is 0. The molecule has 0 aliphatic carbocycles. The maximum absolute atomic E-state index is 5.08. The van der Waals surface area contributed by atoms with Crippen LogP contribution in [0.4, 0.5) is 0 Å². The first-order valence-corrected chi connectivity index (χ1v) is 4.73. The second kappa shape index (κ2) is 6.17. The Morgan fingerprint density at radius 2 is 1.69 bits per heavy atom. The summed E-state index contributed by atoms with van der Waals surface area (Å²) >= 11 is 0. The first-order valence-electron chi connectivity index (χ1n) is 4.73. The van der Waals surface area contributed by atoms with E-state index in [-0.39, 0.29) is 11.7 Å². The van der Waals surface area contributed by atoms with Crippen molar-refractivity contribution < 1.29 is 9.47 Å². The lowest BCUT2D eigenvalue weighted by atomic mass is 9.96. The summed E-state index contributed by atoms with van der Waals surface area (Å²) in [6.45, 7) is 6.56. The van der Waals surface area contributed by atoms with E-state index >= 15 is 0 Å². The predicted octanol–water partition coefficient (Wildman–Crippen LogP) is 2.99. The highest BCUT2D eigenvalue weighted by Gasteiger charge is 2.05. The molecule has 0 atom stereocenters. The normalized spacial score (nSPS) is 13.1. The first-order chi connectivity index (χ1) is 5.99. The molecule has 0 bridgehead atoms. The molecule has 0 saturated heterocycles. The van der Waals surface area contributed by atoms with E-state index in [1.807, 2.05) is 0 Å². The Hall–Kier alpha value is -0.340. The van der Waals surface area contributed by atoms with Crippen molar-refractivity contribution in [2.75, 3.05) is 14.2 Å². The summed E-state index contributed by atoms with van der Waals surface area (Å²) in [6.07, 6.45) is 6.26. The molecule has 0 aliphatic heterocycles. The van der Waals surface area contributed by atoms with Gasteiger partial charge in [0.2, 0.25) is 0 Å². The minimum atomic E-state index is -0.0652. The highest BCUT2D eigenvalue weighted by molar-refractivity contribution is 4.91. The molecule has 0 unspecified atom stereocenters. The smallest absolute Gasteiger partial charge is 0.157 e. The maximum atomic E-state index is 5.08. The van der Waals surface area contributed by atoms with Crippen LogP contribution in [0.3, 0.4) is 0 Å². The van der Waals surface area contributed by atoms with E-state index in [1.165, 1.54) is 0 Å². The maximum Gasteiger partial charge on any atom is 0.157 e. The van der Waals surface area contributed by atoms with E-state index < -0.39 is 0 Å². The number of hydrogen-bond acceptors (Lipinski definition) is 2. The lowest BCUT2D eigenvalue weighted by Gasteiger charge is -2.13. The number of rotatable bonds is 5. The average molecular weight is 186 g/mol. The zero-order valence-electron chi connectivity index (χ0n) is 9.46. The number of methoxy groups -OCH3 is 2. The molecule has 0 spiro atoms. The number of ether oxygens (including phenoxy) is 2. The molecule has 0 aromatic carbocycles. The third-order valence-electron chi connectivity index (χ3n) is 1.71. The molecule has 0 radical (unpaired) electrons. The summed E-state index contributed by atoms with van der Waals surface area (Å²) < 4.78 is 10.2. The molecule has 0 amide bonds. The van der Waals surface area contributed by atoms with Crippen molar-refractivity contribution in [3.8, 4) is 0 Å². The largest absolute Gasteiger partial charge is 0.356 e. The first kappa shape index (κ1) is 12.7. The fourth-order valence-electron chi connectivity index (χ4n) is 1.00. The average Bonchev–Trinajstić information content (AvgIpc) is 2.03. The summed E-state index contributed by atoms with van der Waals surface area (Å²) in [5.41, 5.74) is 0.273. The van der Waals surface area contributed by atoms with Crippen LogP contribution in [-0.2, 0) is 9.47 Å². The van der Waals surface area contributed by atoms with Gasteiger partial charge in [0.1, 0.15) is 0 Å². The molecule has 0 saturated carbocycles. The molecule has 78 valence electrons. The molecule has 13 heavy (non-hydrogen) atoms. The van der Waals surface area contributed by atoms with Crippen molar-refractivity contribution in [3.05, 3.63) is 12.2 Å². The Morgan fingerprint density at radius 3 is 2.08 bits per heavy atom. The molecular formula is C11H22O2. The fourth-order valence-corrected chi connectivity index (χ4v) is 1.00. The predicted molar refractivity (Wildman–Crippen MR) is 55.6 cm³/mol. The molecule has 0 N–H and O–H groups in total. The number of allylic oxidation sites excluding steroid dienone is 2. The Bertz CT molecular complexity index is 141. The minimum absolute atomic E-state index is 0.0652. The molecule has 0 aromatic rings. The van der Waals surface area contributed by atoms with Crippen molar-refractivity contribution in [2.45, 2.75) is 39.9 Å². The Kier molecular flexibility index (Phi) is 6.00. The molecule has 0 aromatic heterocycles. The van der Waals surface area contributed by atoms with Crippen molar-refractivity contribution in [2.24, 2.45) is 5.41 Å². The number of hydrogen-bond donors (Lipinski definition) is 0. The van der Waals surface area contributed by atoms with Crippen LogP contribution in [0, 0.1) is 5.41 Å². The van der Waals surface area contributed by atoms with Gasteiger partial charge in [-0.3, -0.25) is 0 Å². The van der Waals surface area contributed by atoms with Crippen LogP contribution in [-0.4, -0.2) is 20.5 Å². The molecular weight excluding hydrogens is 164 g/mol. The van der Waals surface area contributed by atoms with Gasteiger partial charge in [0.05, 0.1) is 0 Å². The standard InChI is InChI=1S/C11H22O2/c1-11(2,3)9-7-6-8-10(12-4)13-5/h7,9-10H,6,8H2,1-5H3. The zero-order valence-corrected chi connectivity index (χ0v) is 9.46. The van der Waals surface area contributed by atoms with E-state index in [9.17, 15) is 0 Å². The molecule has 0 fully saturated rings. The van der Waals surface area contributed by atoms with Gasteiger partial charge in [-0.2, -0.15) is 0 Å². The van der Waals surface area contributed by atoms with Crippen molar-refractivity contribution in [1.29, 1.82) is 0 Å². The van der Waals surface area contributed by atoms with Crippen molar-refractivity contribution >= 4 is 0 Å². The van der Waals surface area contributed by atoms with Gasteiger partial charge in [0.25, 0.3) is 0 Å². The van der Waals surface area contributed by atoms with Gasteiger partial charge in [0.15, 0.2) is 6.29 Å². The molecule has 2 heteroatoms. The third kappa shape index (κ3) is 8.00. The topological polar surface area (TPSA) is 18.5 Å². The van der Waals surface area contributed by atoms with Gasteiger partial charge in [-0.05, 0) is 11.8 Å². The molecule has 2 nitrogen and oxygen atoms in total. The zero-order chi connectivity index (χ0) is 10.3. The van der Waals surface area contributed by atoms with Crippen LogP contribution in [0.5, 0.6) is 0 Å². The second-order valence-electron chi connectivity index (χ2n) is 4.25. The third-order valence-corrected chi connectivity index (χ3v) is 1.71. The summed E-state index contributed by atoms with van der Waals surface area (Å²) in [6, 6.07) is 0. The molecule has 0 rings (SSSR count). The van der Waals surface area contributed by atoms with E-state index in [0.29, 0.717) is 0 Å². The Balaban J connectivity index is 3.60. The minimum Gasteiger partial charge on any atom is -0.356 e. The van der Waals surface area contributed by atoms with E-state index in [1.54, 1.807) is 14.2 Å². The van der Waals surface area contributed by atoms with Crippen LogP contribution >= 0.6 is 0 Å². The Labute approximate surface area is 81.9 Å². The fraction of sp³-hybridized carbons (Fsp3) is 0.818. The quantitative estimate of drug-likeness (QED) is 0.485. The van der Waals surface area contributed by atoms with E-state index in [0.717, 1.165) is 12.8 Å². The van der Waals surface area contributed by atoms with Crippen molar-refractivity contribution in [3.63, 3.8) is 0 Å². The summed E-state index contributed by atoms with van der Waals surface area (Å²) in [5.74, 6) is 0. The Morgan fingerprint density at radius 1 is 1.15 bits per heavy atom. The lowest BCUT2D eigenvalue weighted by Crippen LogP contribution is -2.11. The van der Waals surface area contributed by atoms with Crippen LogP contribution in [0.25, 0.3) is 0 Å². The van der Waals surface area contributed by atoms with Gasteiger partial charge >= 0.3 is 0 Å². The monoisotopic (exact) mass is 186 g/mol.